The summed E-state index contributed by atoms with van der Waals surface area (Å²) in [6.07, 6.45) is 7.36. The van der Waals surface area contributed by atoms with Crippen molar-refractivity contribution >= 4 is 28.7 Å². The van der Waals surface area contributed by atoms with Crippen LogP contribution in [0.25, 0.3) is 11.0 Å². The number of fused-ring (bicyclic) bond motifs is 1. The summed E-state index contributed by atoms with van der Waals surface area (Å²) in [6.45, 7) is 2.10. The van der Waals surface area contributed by atoms with Gasteiger partial charge in [0.15, 0.2) is 0 Å². The van der Waals surface area contributed by atoms with Crippen molar-refractivity contribution in [3.63, 3.8) is 0 Å². The van der Waals surface area contributed by atoms with Crippen LogP contribution in [-0.2, 0) is 0 Å². The molecule has 1 fully saturated rings. The number of anilines is 1. The maximum absolute atomic E-state index is 6.21. The summed E-state index contributed by atoms with van der Waals surface area (Å²) in [5, 5.41) is 0.661. The molecule has 2 atom stereocenters. The van der Waals surface area contributed by atoms with Gasteiger partial charge in [-0.2, -0.15) is 11.8 Å². The average molecular weight is 275 g/mol. The molecule has 0 amide bonds. The van der Waals surface area contributed by atoms with Crippen LogP contribution in [0, 0.1) is 6.92 Å². The summed E-state index contributed by atoms with van der Waals surface area (Å²) in [5.41, 5.74) is 9.68. The lowest BCUT2D eigenvalue weighted by molar-refractivity contribution is 0.374. The fraction of sp³-hybridized carbons (Fsp3) is 0.533. The minimum atomic E-state index is 0.496. The standard InChI is InChI=1S/C15H21N3S/c1-10-6-5-8-12-14(10)17-15(16)18(12)11-7-3-4-9-13(11)19-2/h5-6,8,11,13H,3-4,7,9H2,1-2H3,(H2,16,17). The van der Waals surface area contributed by atoms with Crippen LogP contribution in [0.5, 0.6) is 0 Å². The van der Waals surface area contributed by atoms with Crippen molar-refractivity contribution in [1.29, 1.82) is 0 Å². The van der Waals surface area contributed by atoms with E-state index in [4.69, 9.17) is 5.73 Å². The Kier molecular flexibility index (Phi) is 3.44. The number of nitrogens with zero attached hydrogens (tertiary/aromatic N) is 2. The lowest BCUT2D eigenvalue weighted by atomic mass is 9.94. The Labute approximate surface area is 118 Å². The summed E-state index contributed by atoms with van der Waals surface area (Å²) in [7, 11) is 0. The first-order valence-corrected chi connectivity index (χ1v) is 8.27. The molecule has 0 radical (unpaired) electrons. The van der Waals surface area contributed by atoms with Gasteiger partial charge in [-0.25, -0.2) is 4.98 Å². The Morgan fingerprint density at radius 3 is 2.89 bits per heavy atom. The highest BCUT2D eigenvalue weighted by Crippen LogP contribution is 2.39. The molecule has 3 nitrogen and oxygen atoms in total. The Hall–Kier alpha value is -1.16. The highest BCUT2D eigenvalue weighted by molar-refractivity contribution is 7.99. The number of benzene rings is 1. The SMILES string of the molecule is CSC1CCCCC1n1c(N)nc2c(C)cccc21. The van der Waals surface area contributed by atoms with E-state index in [0.717, 1.165) is 5.52 Å². The smallest absolute Gasteiger partial charge is 0.201 e. The second kappa shape index (κ2) is 5.08. The second-order valence-corrected chi connectivity index (χ2v) is 6.49. The molecule has 2 aromatic rings. The molecule has 19 heavy (non-hydrogen) atoms. The van der Waals surface area contributed by atoms with Crippen molar-refractivity contribution in [3.8, 4) is 0 Å². The molecule has 1 heterocycles. The third-order valence-electron chi connectivity index (χ3n) is 4.25. The van der Waals surface area contributed by atoms with E-state index in [0.29, 0.717) is 17.2 Å². The summed E-state index contributed by atoms with van der Waals surface area (Å²) >= 11 is 1.97. The molecular weight excluding hydrogens is 254 g/mol. The van der Waals surface area contributed by atoms with Gasteiger partial charge in [0.1, 0.15) is 0 Å². The van der Waals surface area contributed by atoms with Crippen molar-refractivity contribution < 1.29 is 0 Å². The van der Waals surface area contributed by atoms with Crippen LogP contribution in [0.15, 0.2) is 18.2 Å². The number of nitrogens with two attached hydrogens (primary N) is 1. The number of rotatable bonds is 2. The van der Waals surface area contributed by atoms with E-state index in [1.54, 1.807) is 0 Å². The van der Waals surface area contributed by atoms with Gasteiger partial charge in [-0.15, -0.1) is 0 Å². The van der Waals surface area contributed by atoms with E-state index >= 15 is 0 Å². The van der Waals surface area contributed by atoms with Crippen molar-refractivity contribution in [3.05, 3.63) is 23.8 Å². The normalized spacial score (nSPS) is 23.9. The predicted molar refractivity (Wildman–Crippen MR) is 83.7 cm³/mol. The summed E-state index contributed by atoms with van der Waals surface area (Å²) in [6, 6.07) is 6.85. The van der Waals surface area contributed by atoms with Gasteiger partial charge in [-0.1, -0.05) is 25.0 Å². The van der Waals surface area contributed by atoms with E-state index in [1.165, 1.54) is 36.8 Å². The predicted octanol–water partition coefficient (Wildman–Crippen LogP) is 3.77. The maximum atomic E-state index is 6.21. The monoisotopic (exact) mass is 275 g/mol. The zero-order valence-electron chi connectivity index (χ0n) is 11.6. The van der Waals surface area contributed by atoms with Gasteiger partial charge in [0.25, 0.3) is 0 Å². The number of nitrogen functional groups attached to an aromatic ring is 1. The number of imidazole rings is 1. The van der Waals surface area contributed by atoms with E-state index in [1.807, 2.05) is 11.8 Å². The zero-order valence-corrected chi connectivity index (χ0v) is 12.4. The van der Waals surface area contributed by atoms with E-state index < -0.39 is 0 Å². The number of aryl methyl sites for hydroxylation is 1. The molecule has 1 aliphatic rings. The Bertz CT molecular complexity index is 590. The first-order valence-electron chi connectivity index (χ1n) is 6.98. The minimum absolute atomic E-state index is 0.496. The fourth-order valence-corrected chi connectivity index (χ4v) is 4.25. The highest BCUT2D eigenvalue weighted by Gasteiger charge is 2.28. The third kappa shape index (κ3) is 2.12. The molecule has 102 valence electrons. The zero-order chi connectivity index (χ0) is 13.4. The Balaban J connectivity index is 2.13. The number of aromatic nitrogens is 2. The molecule has 3 rings (SSSR count). The minimum Gasteiger partial charge on any atom is -0.369 e. The third-order valence-corrected chi connectivity index (χ3v) is 5.41. The van der Waals surface area contributed by atoms with E-state index in [-0.39, 0.29) is 0 Å². The van der Waals surface area contributed by atoms with Crippen molar-refractivity contribution in [2.75, 3.05) is 12.0 Å². The van der Waals surface area contributed by atoms with Gasteiger partial charge >= 0.3 is 0 Å². The molecule has 2 N–H and O–H groups in total. The molecular formula is C15H21N3S. The number of hydrogen-bond acceptors (Lipinski definition) is 3. The Morgan fingerprint density at radius 1 is 1.32 bits per heavy atom. The van der Waals surface area contributed by atoms with Crippen LogP contribution in [0.4, 0.5) is 5.95 Å². The quantitative estimate of drug-likeness (QED) is 0.907. The maximum Gasteiger partial charge on any atom is 0.201 e. The molecule has 1 aliphatic carbocycles. The van der Waals surface area contributed by atoms with Crippen LogP contribution in [0.1, 0.15) is 37.3 Å². The van der Waals surface area contributed by atoms with Crippen LogP contribution < -0.4 is 5.73 Å². The molecule has 1 saturated carbocycles. The van der Waals surface area contributed by atoms with Gasteiger partial charge in [0.05, 0.1) is 11.0 Å². The van der Waals surface area contributed by atoms with Crippen LogP contribution in [0.3, 0.4) is 0 Å². The van der Waals surface area contributed by atoms with Gasteiger partial charge in [-0.05, 0) is 37.7 Å². The average Bonchev–Trinajstić information content (AvgIpc) is 2.76. The molecule has 2 unspecified atom stereocenters. The highest BCUT2D eigenvalue weighted by atomic mass is 32.2. The van der Waals surface area contributed by atoms with Gasteiger partial charge < -0.3 is 10.3 Å². The molecule has 0 saturated heterocycles. The van der Waals surface area contributed by atoms with Crippen LogP contribution >= 0.6 is 11.8 Å². The largest absolute Gasteiger partial charge is 0.369 e. The number of hydrogen-bond donors (Lipinski definition) is 1. The van der Waals surface area contributed by atoms with Crippen LogP contribution in [0.2, 0.25) is 0 Å². The van der Waals surface area contributed by atoms with E-state index in [9.17, 15) is 0 Å². The fourth-order valence-electron chi connectivity index (χ4n) is 3.27. The summed E-state index contributed by atoms with van der Waals surface area (Å²) in [5.74, 6) is 0.676. The molecule has 1 aromatic heterocycles. The molecule has 4 heteroatoms. The summed E-state index contributed by atoms with van der Waals surface area (Å²) in [4.78, 5) is 4.59. The van der Waals surface area contributed by atoms with Crippen LogP contribution in [-0.4, -0.2) is 21.1 Å². The van der Waals surface area contributed by atoms with Gasteiger partial charge in [0, 0.05) is 11.3 Å². The lowest BCUT2D eigenvalue weighted by Crippen LogP contribution is -2.26. The molecule has 0 aliphatic heterocycles. The topological polar surface area (TPSA) is 43.8 Å². The second-order valence-electron chi connectivity index (χ2n) is 5.41. The lowest BCUT2D eigenvalue weighted by Gasteiger charge is -2.32. The van der Waals surface area contributed by atoms with Gasteiger partial charge in [0.2, 0.25) is 5.95 Å². The van der Waals surface area contributed by atoms with Crippen molar-refractivity contribution in [2.45, 2.75) is 43.9 Å². The molecule has 0 spiro atoms. The first-order chi connectivity index (χ1) is 9.22. The number of thioether (sulfide) groups is 1. The summed E-state index contributed by atoms with van der Waals surface area (Å²) < 4.78 is 2.28. The van der Waals surface area contributed by atoms with E-state index in [2.05, 4.69) is 40.9 Å². The van der Waals surface area contributed by atoms with Gasteiger partial charge in [-0.3, -0.25) is 0 Å². The molecule has 1 aromatic carbocycles. The first kappa shape index (κ1) is 12.9. The Morgan fingerprint density at radius 2 is 2.11 bits per heavy atom. The van der Waals surface area contributed by atoms with Crippen molar-refractivity contribution in [1.82, 2.24) is 9.55 Å². The van der Waals surface area contributed by atoms with Crippen molar-refractivity contribution in [2.24, 2.45) is 0 Å². The molecule has 0 bridgehead atoms. The number of para-hydroxylation sites is 1.